The van der Waals surface area contributed by atoms with Crippen LogP contribution in [0.5, 0.6) is 0 Å². The standard InChI is InChI=1S/C13H25N3/c1-9(13(14)15)7-16(2)8-12-6-10-3-4-11(12)5-10/h9-12H,3-8H2,1-2H3,(H3,14,15). The lowest BCUT2D eigenvalue weighted by molar-refractivity contribution is 0.212. The van der Waals surface area contributed by atoms with Crippen molar-refractivity contribution in [2.45, 2.75) is 32.6 Å². The SMILES string of the molecule is CC(CN(C)CC1CC2CCC1C2)C(=N)N. The smallest absolute Gasteiger partial charge is 0.0947 e. The number of nitrogens with one attached hydrogen (secondary N) is 1. The summed E-state index contributed by atoms with van der Waals surface area (Å²) in [6.45, 7) is 4.18. The highest BCUT2D eigenvalue weighted by atomic mass is 15.1. The van der Waals surface area contributed by atoms with E-state index in [4.69, 9.17) is 11.1 Å². The number of nitrogens with two attached hydrogens (primary N) is 1. The van der Waals surface area contributed by atoms with Gasteiger partial charge in [-0.05, 0) is 44.1 Å². The molecule has 0 amide bonds. The van der Waals surface area contributed by atoms with Gasteiger partial charge < -0.3 is 10.6 Å². The van der Waals surface area contributed by atoms with Crippen LogP contribution in [0, 0.1) is 29.1 Å². The van der Waals surface area contributed by atoms with E-state index in [0.29, 0.717) is 5.84 Å². The summed E-state index contributed by atoms with van der Waals surface area (Å²) in [6, 6.07) is 0. The molecule has 3 nitrogen and oxygen atoms in total. The number of nitrogens with zero attached hydrogens (tertiary/aromatic N) is 1. The van der Waals surface area contributed by atoms with Crippen molar-refractivity contribution < 1.29 is 0 Å². The summed E-state index contributed by atoms with van der Waals surface area (Å²) >= 11 is 0. The van der Waals surface area contributed by atoms with Gasteiger partial charge in [-0.15, -0.1) is 0 Å². The monoisotopic (exact) mass is 223 g/mol. The Morgan fingerprint density at radius 2 is 2.19 bits per heavy atom. The molecular weight excluding hydrogens is 198 g/mol. The summed E-state index contributed by atoms with van der Waals surface area (Å²) < 4.78 is 0. The number of rotatable bonds is 5. The molecule has 4 atom stereocenters. The first-order chi connectivity index (χ1) is 7.56. The third kappa shape index (κ3) is 2.57. The minimum absolute atomic E-state index is 0.198. The van der Waals surface area contributed by atoms with Crippen LogP contribution in [0.15, 0.2) is 0 Å². The highest BCUT2D eigenvalue weighted by Crippen LogP contribution is 2.48. The zero-order valence-electron chi connectivity index (χ0n) is 10.6. The lowest BCUT2D eigenvalue weighted by Crippen LogP contribution is -2.36. The summed E-state index contributed by atoms with van der Waals surface area (Å²) in [4.78, 5) is 2.37. The molecule has 0 heterocycles. The molecule has 16 heavy (non-hydrogen) atoms. The predicted molar refractivity (Wildman–Crippen MR) is 67.5 cm³/mol. The van der Waals surface area contributed by atoms with Crippen molar-refractivity contribution in [3.63, 3.8) is 0 Å². The fraction of sp³-hybridized carbons (Fsp3) is 0.923. The maximum Gasteiger partial charge on any atom is 0.0947 e. The van der Waals surface area contributed by atoms with Crippen molar-refractivity contribution in [2.75, 3.05) is 20.1 Å². The van der Waals surface area contributed by atoms with Gasteiger partial charge in [-0.3, -0.25) is 5.41 Å². The first-order valence-electron chi connectivity index (χ1n) is 6.58. The Kier molecular flexibility index (Phi) is 3.53. The van der Waals surface area contributed by atoms with Crippen LogP contribution in [0.2, 0.25) is 0 Å². The molecule has 2 bridgehead atoms. The van der Waals surface area contributed by atoms with E-state index in [2.05, 4.69) is 11.9 Å². The van der Waals surface area contributed by atoms with Gasteiger partial charge in [0.2, 0.25) is 0 Å². The van der Waals surface area contributed by atoms with E-state index in [1.54, 1.807) is 0 Å². The van der Waals surface area contributed by atoms with Crippen LogP contribution in [0.1, 0.15) is 32.6 Å². The third-order valence-electron chi connectivity index (χ3n) is 4.55. The molecule has 0 aromatic rings. The molecule has 2 saturated carbocycles. The van der Waals surface area contributed by atoms with Crippen LogP contribution in [-0.2, 0) is 0 Å². The summed E-state index contributed by atoms with van der Waals surface area (Å²) in [7, 11) is 2.17. The maximum absolute atomic E-state index is 7.41. The summed E-state index contributed by atoms with van der Waals surface area (Å²) in [5.41, 5.74) is 5.51. The van der Waals surface area contributed by atoms with E-state index < -0.39 is 0 Å². The van der Waals surface area contributed by atoms with E-state index in [-0.39, 0.29) is 5.92 Å². The quantitative estimate of drug-likeness (QED) is 0.553. The van der Waals surface area contributed by atoms with Crippen molar-refractivity contribution in [2.24, 2.45) is 29.4 Å². The zero-order valence-corrected chi connectivity index (χ0v) is 10.6. The summed E-state index contributed by atoms with van der Waals surface area (Å²) in [5.74, 6) is 3.47. The second-order valence-corrected chi connectivity index (χ2v) is 6.01. The molecule has 0 aliphatic heterocycles. The number of hydrogen-bond donors (Lipinski definition) is 2. The predicted octanol–water partition coefficient (Wildman–Crippen LogP) is 1.93. The van der Waals surface area contributed by atoms with Gasteiger partial charge in [-0.2, -0.15) is 0 Å². The Balaban J connectivity index is 1.75. The highest BCUT2D eigenvalue weighted by molar-refractivity contribution is 5.79. The molecule has 4 unspecified atom stereocenters. The molecular formula is C13H25N3. The molecule has 0 spiro atoms. The summed E-state index contributed by atoms with van der Waals surface area (Å²) in [6.07, 6.45) is 5.88. The van der Waals surface area contributed by atoms with E-state index in [0.717, 1.165) is 24.3 Å². The fourth-order valence-corrected chi connectivity index (χ4v) is 3.64. The molecule has 0 aromatic carbocycles. The lowest BCUT2D eigenvalue weighted by atomic mass is 9.88. The number of amidine groups is 1. The lowest BCUT2D eigenvalue weighted by Gasteiger charge is -2.28. The molecule has 2 aliphatic carbocycles. The average Bonchev–Trinajstić information content (AvgIpc) is 2.78. The maximum atomic E-state index is 7.41. The molecule has 0 radical (unpaired) electrons. The van der Waals surface area contributed by atoms with E-state index >= 15 is 0 Å². The Bertz CT molecular complexity index is 264. The van der Waals surface area contributed by atoms with Crippen LogP contribution >= 0.6 is 0 Å². The van der Waals surface area contributed by atoms with Gasteiger partial charge in [0.1, 0.15) is 0 Å². The van der Waals surface area contributed by atoms with Crippen LogP contribution in [0.3, 0.4) is 0 Å². The van der Waals surface area contributed by atoms with E-state index in [9.17, 15) is 0 Å². The molecule has 2 fully saturated rings. The van der Waals surface area contributed by atoms with Gasteiger partial charge in [-0.25, -0.2) is 0 Å². The van der Waals surface area contributed by atoms with Crippen molar-refractivity contribution in [3.05, 3.63) is 0 Å². The van der Waals surface area contributed by atoms with Gasteiger partial charge >= 0.3 is 0 Å². The first-order valence-corrected chi connectivity index (χ1v) is 6.58. The highest BCUT2D eigenvalue weighted by Gasteiger charge is 2.39. The topological polar surface area (TPSA) is 53.1 Å². The van der Waals surface area contributed by atoms with Gasteiger partial charge in [0, 0.05) is 19.0 Å². The number of fused-ring (bicyclic) bond motifs is 2. The van der Waals surface area contributed by atoms with E-state index in [1.165, 1.54) is 32.2 Å². The third-order valence-corrected chi connectivity index (χ3v) is 4.55. The molecule has 2 aliphatic rings. The van der Waals surface area contributed by atoms with Crippen LogP contribution in [0.25, 0.3) is 0 Å². The second kappa shape index (κ2) is 4.74. The molecule has 0 aromatic heterocycles. The van der Waals surface area contributed by atoms with Crippen LogP contribution in [-0.4, -0.2) is 30.9 Å². The van der Waals surface area contributed by atoms with Crippen LogP contribution < -0.4 is 5.73 Å². The average molecular weight is 223 g/mol. The van der Waals surface area contributed by atoms with Crippen molar-refractivity contribution in [1.82, 2.24) is 4.90 Å². The van der Waals surface area contributed by atoms with Crippen molar-refractivity contribution >= 4 is 5.84 Å². The van der Waals surface area contributed by atoms with Gasteiger partial charge in [-0.1, -0.05) is 13.3 Å². The fourth-order valence-electron chi connectivity index (χ4n) is 3.64. The van der Waals surface area contributed by atoms with Gasteiger partial charge in [0.05, 0.1) is 5.84 Å². The first kappa shape index (κ1) is 11.9. The van der Waals surface area contributed by atoms with Gasteiger partial charge in [0.25, 0.3) is 0 Å². The summed E-state index contributed by atoms with van der Waals surface area (Å²) in [5, 5.41) is 7.41. The minimum Gasteiger partial charge on any atom is -0.387 e. The second-order valence-electron chi connectivity index (χ2n) is 6.01. The molecule has 3 heteroatoms. The zero-order chi connectivity index (χ0) is 11.7. The van der Waals surface area contributed by atoms with E-state index in [1.807, 2.05) is 6.92 Å². The number of hydrogen-bond acceptors (Lipinski definition) is 2. The Hall–Kier alpha value is -0.570. The van der Waals surface area contributed by atoms with Crippen LogP contribution in [0.4, 0.5) is 0 Å². The molecule has 2 rings (SSSR count). The molecule has 92 valence electrons. The normalized spacial score (nSPS) is 34.6. The Morgan fingerprint density at radius 3 is 2.69 bits per heavy atom. The molecule has 3 N–H and O–H groups in total. The largest absolute Gasteiger partial charge is 0.387 e. The van der Waals surface area contributed by atoms with Gasteiger partial charge in [0.15, 0.2) is 0 Å². The molecule has 0 saturated heterocycles. The Labute approximate surface area is 98.9 Å². The van der Waals surface area contributed by atoms with Crippen molar-refractivity contribution in [1.29, 1.82) is 5.41 Å². The Morgan fingerprint density at radius 1 is 1.44 bits per heavy atom. The minimum atomic E-state index is 0.198. The van der Waals surface area contributed by atoms with Crippen molar-refractivity contribution in [3.8, 4) is 0 Å².